The lowest BCUT2D eigenvalue weighted by atomic mass is 9.90. The predicted octanol–water partition coefficient (Wildman–Crippen LogP) is 2.02. The minimum Gasteiger partial charge on any atom is -0.272 e. The molecule has 25 heavy (non-hydrogen) atoms. The first-order valence-electron chi connectivity index (χ1n) is 7.67. The average molecular weight is 378 g/mol. The highest BCUT2D eigenvalue weighted by Gasteiger charge is 2.47. The Labute approximate surface area is 143 Å². The fraction of sp³-hybridized carbons (Fsp3) is 0.533. The van der Waals surface area contributed by atoms with Crippen LogP contribution in [0.3, 0.4) is 0 Å². The smallest absolute Gasteiger partial charge is 0.272 e. The summed E-state index contributed by atoms with van der Waals surface area (Å²) in [5.41, 5.74) is -1.72. The fourth-order valence-corrected chi connectivity index (χ4v) is 4.63. The Kier molecular flexibility index (Phi) is 4.33. The topological polar surface area (TPSA) is 66.9 Å². The molecule has 0 bridgehead atoms. The van der Waals surface area contributed by atoms with E-state index >= 15 is 0 Å². The van der Waals surface area contributed by atoms with E-state index in [0.29, 0.717) is 18.9 Å². The van der Waals surface area contributed by atoms with Gasteiger partial charge in [-0.3, -0.25) is 9.63 Å². The Morgan fingerprint density at radius 3 is 2.36 bits per heavy atom. The van der Waals surface area contributed by atoms with E-state index in [0.717, 1.165) is 27.6 Å². The van der Waals surface area contributed by atoms with Gasteiger partial charge in [-0.25, -0.2) is 13.5 Å². The number of amides is 1. The summed E-state index contributed by atoms with van der Waals surface area (Å²) >= 11 is 0. The molecule has 0 aliphatic carbocycles. The van der Waals surface area contributed by atoms with Crippen molar-refractivity contribution in [3.05, 3.63) is 29.8 Å². The lowest BCUT2D eigenvalue weighted by Gasteiger charge is -2.36. The first-order valence-corrected chi connectivity index (χ1v) is 9.11. The minimum atomic E-state index is -4.61. The van der Waals surface area contributed by atoms with Crippen molar-refractivity contribution in [2.24, 2.45) is 0 Å². The van der Waals surface area contributed by atoms with Crippen molar-refractivity contribution in [1.82, 2.24) is 9.37 Å². The third-order valence-electron chi connectivity index (χ3n) is 4.59. The number of rotatable bonds is 2. The molecule has 0 N–H and O–H groups in total. The first kappa shape index (κ1) is 18.2. The zero-order chi connectivity index (χ0) is 18.5. The van der Waals surface area contributed by atoms with E-state index in [2.05, 4.69) is 0 Å². The number of sulfonamides is 1. The average Bonchev–Trinajstić information content (AvgIpc) is 2.81. The predicted molar refractivity (Wildman–Crippen MR) is 80.6 cm³/mol. The number of nitrogens with zero attached hydrogens (tertiary/aromatic N) is 2. The van der Waals surface area contributed by atoms with Gasteiger partial charge in [0.2, 0.25) is 15.9 Å². The van der Waals surface area contributed by atoms with E-state index < -0.39 is 27.4 Å². The van der Waals surface area contributed by atoms with Crippen LogP contribution in [0.5, 0.6) is 0 Å². The standard InChI is InChI=1S/C15H17F3N2O4S/c1-19-13(21)10-14(24-19)5-7-20(8-6-14)25(22,23)12-4-2-3-11(9-12)15(16,17)18/h2-4,9H,5-8,10H2,1H3. The van der Waals surface area contributed by atoms with Crippen LogP contribution in [0.2, 0.25) is 0 Å². The van der Waals surface area contributed by atoms with Crippen LogP contribution in [-0.2, 0) is 25.8 Å². The summed E-state index contributed by atoms with van der Waals surface area (Å²) in [4.78, 5) is 16.8. The lowest BCUT2D eigenvalue weighted by Crippen LogP contribution is -2.46. The molecule has 0 unspecified atom stereocenters. The monoisotopic (exact) mass is 378 g/mol. The summed E-state index contributed by atoms with van der Waals surface area (Å²) in [6.45, 7) is 0.166. The SMILES string of the molecule is CN1OC2(CCN(S(=O)(=O)c3cccc(C(F)(F)F)c3)CC2)CC1=O. The van der Waals surface area contributed by atoms with E-state index in [9.17, 15) is 26.4 Å². The number of halogens is 3. The molecular formula is C15H17F3N2O4S. The number of hydrogen-bond donors (Lipinski definition) is 0. The largest absolute Gasteiger partial charge is 0.416 e. The maximum atomic E-state index is 12.8. The molecular weight excluding hydrogens is 361 g/mol. The molecule has 2 aliphatic heterocycles. The molecule has 1 spiro atoms. The molecule has 6 nitrogen and oxygen atoms in total. The van der Waals surface area contributed by atoms with Gasteiger partial charge in [0.05, 0.1) is 16.9 Å². The molecule has 2 aliphatic rings. The van der Waals surface area contributed by atoms with Gasteiger partial charge in [-0.2, -0.15) is 17.5 Å². The number of hydrogen-bond acceptors (Lipinski definition) is 4. The van der Waals surface area contributed by atoms with Crippen LogP contribution in [0.1, 0.15) is 24.8 Å². The van der Waals surface area contributed by atoms with Crippen LogP contribution in [0, 0.1) is 0 Å². The quantitative estimate of drug-likeness (QED) is 0.790. The first-order chi connectivity index (χ1) is 11.5. The molecule has 138 valence electrons. The van der Waals surface area contributed by atoms with Gasteiger partial charge in [0.15, 0.2) is 0 Å². The van der Waals surface area contributed by atoms with E-state index in [-0.39, 0.29) is 30.3 Å². The van der Waals surface area contributed by atoms with Gasteiger partial charge < -0.3 is 0 Å². The molecule has 1 aromatic rings. The van der Waals surface area contributed by atoms with Crippen molar-refractivity contribution in [1.29, 1.82) is 0 Å². The van der Waals surface area contributed by atoms with E-state index in [1.54, 1.807) is 0 Å². The summed E-state index contributed by atoms with van der Waals surface area (Å²) in [6.07, 6.45) is -3.82. The van der Waals surface area contributed by atoms with Gasteiger partial charge in [-0.05, 0) is 31.0 Å². The second kappa shape index (κ2) is 5.96. The number of carbonyl (C=O) groups excluding carboxylic acids is 1. The second-order valence-corrected chi connectivity index (χ2v) is 8.21. The summed E-state index contributed by atoms with van der Waals surface area (Å²) < 4.78 is 64.8. The van der Waals surface area contributed by atoms with Gasteiger partial charge in [-0.1, -0.05) is 6.07 Å². The maximum Gasteiger partial charge on any atom is 0.416 e. The number of hydroxylamine groups is 2. The van der Waals surface area contributed by atoms with Crippen LogP contribution in [-0.4, -0.2) is 49.4 Å². The third-order valence-corrected chi connectivity index (χ3v) is 6.48. The van der Waals surface area contributed by atoms with E-state index in [4.69, 9.17) is 4.84 Å². The Hall–Kier alpha value is -1.65. The molecule has 0 saturated carbocycles. The van der Waals surface area contributed by atoms with Crippen molar-refractivity contribution >= 4 is 15.9 Å². The highest BCUT2D eigenvalue weighted by Crippen LogP contribution is 2.37. The fourth-order valence-electron chi connectivity index (χ4n) is 3.14. The molecule has 0 atom stereocenters. The lowest BCUT2D eigenvalue weighted by molar-refractivity contribution is -0.196. The Morgan fingerprint density at radius 1 is 1.20 bits per heavy atom. The molecule has 2 fully saturated rings. The van der Waals surface area contributed by atoms with Crippen LogP contribution >= 0.6 is 0 Å². The minimum absolute atomic E-state index is 0.0830. The Bertz CT molecular complexity index is 786. The molecule has 2 heterocycles. The van der Waals surface area contributed by atoms with Crippen LogP contribution in [0.25, 0.3) is 0 Å². The summed E-state index contributed by atoms with van der Waals surface area (Å²) in [5.74, 6) is -0.172. The zero-order valence-corrected chi connectivity index (χ0v) is 14.2. The highest BCUT2D eigenvalue weighted by molar-refractivity contribution is 7.89. The molecule has 1 amide bonds. The number of carbonyl (C=O) groups is 1. The third kappa shape index (κ3) is 3.38. The Morgan fingerprint density at radius 2 is 1.84 bits per heavy atom. The van der Waals surface area contributed by atoms with Gasteiger partial charge in [0.25, 0.3) is 0 Å². The van der Waals surface area contributed by atoms with Crippen molar-refractivity contribution in [3.63, 3.8) is 0 Å². The number of benzene rings is 1. The van der Waals surface area contributed by atoms with Gasteiger partial charge >= 0.3 is 6.18 Å². The van der Waals surface area contributed by atoms with Crippen LogP contribution in [0.15, 0.2) is 29.2 Å². The van der Waals surface area contributed by atoms with Crippen molar-refractivity contribution in [2.45, 2.75) is 35.9 Å². The van der Waals surface area contributed by atoms with Crippen molar-refractivity contribution in [3.8, 4) is 0 Å². The molecule has 0 aromatic heterocycles. The number of piperidine rings is 1. The second-order valence-electron chi connectivity index (χ2n) is 6.27. The number of alkyl halides is 3. The van der Waals surface area contributed by atoms with Crippen molar-refractivity contribution in [2.75, 3.05) is 20.1 Å². The van der Waals surface area contributed by atoms with Gasteiger partial charge in [0, 0.05) is 20.1 Å². The van der Waals surface area contributed by atoms with Gasteiger partial charge in [0.1, 0.15) is 5.60 Å². The Balaban J connectivity index is 1.78. The van der Waals surface area contributed by atoms with Crippen LogP contribution in [0.4, 0.5) is 13.2 Å². The summed E-state index contributed by atoms with van der Waals surface area (Å²) in [7, 11) is -2.54. The maximum absolute atomic E-state index is 12.8. The van der Waals surface area contributed by atoms with Crippen LogP contribution < -0.4 is 0 Å². The molecule has 0 radical (unpaired) electrons. The summed E-state index contributed by atoms with van der Waals surface area (Å²) in [5, 5.41) is 1.15. The normalized spacial score (nSPS) is 21.9. The highest BCUT2D eigenvalue weighted by atomic mass is 32.2. The van der Waals surface area contributed by atoms with Gasteiger partial charge in [-0.15, -0.1) is 0 Å². The van der Waals surface area contributed by atoms with E-state index in [1.807, 2.05) is 0 Å². The zero-order valence-electron chi connectivity index (χ0n) is 13.4. The molecule has 1 aromatic carbocycles. The molecule has 2 saturated heterocycles. The molecule has 10 heteroatoms. The molecule has 3 rings (SSSR count). The summed E-state index contributed by atoms with van der Waals surface area (Å²) in [6, 6.07) is 3.70. The van der Waals surface area contributed by atoms with Crippen molar-refractivity contribution < 1.29 is 31.2 Å². The van der Waals surface area contributed by atoms with E-state index in [1.165, 1.54) is 7.05 Å².